The molecule has 2 saturated heterocycles. The van der Waals surface area contributed by atoms with Crippen molar-refractivity contribution in [3.05, 3.63) is 71.8 Å². The Labute approximate surface area is 195 Å². The number of ether oxygens (including phenoxy) is 1. The minimum absolute atomic E-state index is 0.0546. The molecule has 7 nitrogen and oxygen atoms in total. The SMILES string of the molecule is COC(=O)N1CCN(C(=O)C(c2ccccc2)c2ccccc2)C(CN2CCC(O)CC2)C1. The van der Waals surface area contributed by atoms with Gasteiger partial charge >= 0.3 is 6.09 Å². The number of benzene rings is 2. The van der Waals surface area contributed by atoms with Crippen LogP contribution in [0.2, 0.25) is 0 Å². The van der Waals surface area contributed by atoms with Crippen molar-refractivity contribution in [2.45, 2.75) is 30.9 Å². The van der Waals surface area contributed by atoms with E-state index >= 15 is 0 Å². The Bertz CT molecular complexity index is 876. The lowest BCUT2D eigenvalue weighted by molar-refractivity contribution is -0.137. The Morgan fingerprint density at radius 1 is 0.939 bits per heavy atom. The molecule has 2 aromatic rings. The van der Waals surface area contributed by atoms with Crippen LogP contribution in [0.5, 0.6) is 0 Å². The summed E-state index contributed by atoms with van der Waals surface area (Å²) >= 11 is 0. The second-order valence-electron chi connectivity index (χ2n) is 8.89. The molecule has 2 aliphatic heterocycles. The summed E-state index contributed by atoms with van der Waals surface area (Å²) < 4.78 is 4.96. The van der Waals surface area contributed by atoms with E-state index in [0.717, 1.165) is 37.1 Å². The van der Waals surface area contributed by atoms with Crippen LogP contribution in [-0.4, -0.2) is 90.3 Å². The van der Waals surface area contributed by atoms with Crippen molar-refractivity contribution in [2.75, 3.05) is 46.4 Å². The molecule has 0 radical (unpaired) electrons. The molecular formula is C26H33N3O4. The molecular weight excluding hydrogens is 418 g/mol. The molecule has 2 aromatic carbocycles. The maximum Gasteiger partial charge on any atom is 0.409 e. The first-order valence-electron chi connectivity index (χ1n) is 11.7. The first-order valence-corrected chi connectivity index (χ1v) is 11.7. The molecule has 2 fully saturated rings. The molecule has 1 atom stereocenters. The van der Waals surface area contributed by atoms with Crippen LogP contribution in [0, 0.1) is 0 Å². The Morgan fingerprint density at radius 2 is 1.52 bits per heavy atom. The zero-order chi connectivity index (χ0) is 23.2. The van der Waals surface area contributed by atoms with Crippen LogP contribution in [0.25, 0.3) is 0 Å². The molecule has 2 heterocycles. The fraction of sp³-hybridized carbons (Fsp3) is 0.462. The van der Waals surface area contributed by atoms with Gasteiger partial charge in [-0.3, -0.25) is 4.79 Å². The minimum Gasteiger partial charge on any atom is -0.453 e. The van der Waals surface area contributed by atoms with Crippen molar-refractivity contribution in [3.63, 3.8) is 0 Å². The quantitative estimate of drug-likeness (QED) is 0.757. The summed E-state index contributed by atoms with van der Waals surface area (Å²) in [5, 5.41) is 9.88. The molecule has 0 aliphatic carbocycles. The molecule has 1 N–H and O–H groups in total. The van der Waals surface area contributed by atoms with Crippen LogP contribution in [0.4, 0.5) is 4.79 Å². The van der Waals surface area contributed by atoms with Crippen molar-refractivity contribution in [1.29, 1.82) is 0 Å². The first-order chi connectivity index (χ1) is 16.1. The first kappa shape index (κ1) is 23.3. The number of carbonyl (C=O) groups excluding carboxylic acids is 2. The van der Waals surface area contributed by atoms with E-state index in [-0.39, 0.29) is 24.1 Å². The molecule has 0 aromatic heterocycles. The van der Waals surface area contributed by atoms with Crippen LogP contribution >= 0.6 is 0 Å². The largest absolute Gasteiger partial charge is 0.453 e. The number of piperidine rings is 1. The highest BCUT2D eigenvalue weighted by Gasteiger charge is 2.38. The zero-order valence-corrected chi connectivity index (χ0v) is 19.2. The Hall–Kier alpha value is -2.90. The van der Waals surface area contributed by atoms with E-state index in [1.54, 1.807) is 4.90 Å². The predicted octanol–water partition coefficient (Wildman–Crippen LogP) is 2.55. The highest BCUT2D eigenvalue weighted by Crippen LogP contribution is 2.29. The highest BCUT2D eigenvalue weighted by molar-refractivity contribution is 5.87. The van der Waals surface area contributed by atoms with Gasteiger partial charge in [0.25, 0.3) is 0 Å². The number of amides is 2. The molecule has 1 unspecified atom stereocenters. The molecule has 0 spiro atoms. The number of likely N-dealkylation sites (tertiary alicyclic amines) is 1. The van der Waals surface area contributed by atoms with Crippen LogP contribution in [0.3, 0.4) is 0 Å². The van der Waals surface area contributed by atoms with Gasteiger partial charge in [-0.25, -0.2) is 4.79 Å². The summed E-state index contributed by atoms with van der Waals surface area (Å²) in [5.41, 5.74) is 1.92. The summed E-state index contributed by atoms with van der Waals surface area (Å²) in [4.78, 5) is 32.3. The number of nitrogens with zero attached hydrogens (tertiary/aromatic N) is 3. The fourth-order valence-corrected chi connectivity index (χ4v) is 4.93. The summed E-state index contributed by atoms with van der Waals surface area (Å²) in [6.45, 7) is 3.60. The van der Waals surface area contributed by atoms with Gasteiger partial charge in [-0.15, -0.1) is 0 Å². The van der Waals surface area contributed by atoms with E-state index in [1.165, 1.54) is 7.11 Å². The van der Waals surface area contributed by atoms with Gasteiger partial charge in [-0.05, 0) is 24.0 Å². The van der Waals surface area contributed by atoms with Crippen molar-refractivity contribution < 1.29 is 19.4 Å². The molecule has 4 rings (SSSR count). The number of rotatable bonds is 5. The van der Waals surface area contributed by atoms with Gasteiger partial charge in [0, 0.05) is 39.3 Å². The van der Waals surface area contributed by atoms with E-state index in [1.807, 2.05) is 65.6 Å². The lowest BCUT2D eigenvalue weighted by Crippen LogP contribution is -2.61. The second kappa shape index (κ2) is 10.8. The second-order valence-corrected chi connectivity index (χ2v) is 8.89. The topological polar surface area (TPSA) is 73.3 Å². The summed E-state index contributed by atoms with van der Waals surface area (Å²) in [6, 6.07) is 19.6. The van der Waals surface area contributed by atoms with E-state index < -0.39 is 5.92 Å². The number of carbonyl (C=O) groups is 2. The highest BCUT2D eigenvalue weighted by atomic mass is 16.5. The average Bonchev–Trinajstić information content (AvgIpc) is 2.86. The smallest absolute Gasteiger partial charge is 0.409 e. The van der Waals surface area contributed by atoms with Gasteiger partial charge in [0.15, 0.2) is 0 Å². The van der Waals surface area contributed by atoms with Crippen molar-refractivity contribution in [2.24, 2.45) is 0 Å². The third-order valence-electron chi connectivity index (χ3n) is 6.74. The minimum atomic E-state index is -0.400. The average molecular weight is 452 g/mol. The number of aliphatic hydroxyl groups excluding tert-OH is 1. The number of piperazine rings is 1. The standard InChI is InChI=1S/C26H33N3O4/c1-33-26(32)28-16-17-29(22(19-28)18-27-14-12-23(30)13-15-27)25(31)24(20-8-4-2-5-9-20)21-10-6-3-7-11-21/h2-11,22-24,30H,12-19H2,1H3. The van der Waals surface area contributed by atoms with Gasteiger partial charge in [-0.2, -0.15) is 0 Å². The molecule has 33 heavy (non-hydrogen) atoms. The van der Waals surface area contributed by atoms with Gasteiger partial charge in [0.1, 0.15) is 0 Å². The molecule has 2 amide bonds. The van der Waals surface area contributed by atoms with Crippen LogP contribution in [0.1, 0.15) is 29.9 Å². The van der Waals surface area contributed by atoms with Gasteiger partial charge in [-0.1, -0.05) is 60.7 Å². The zero-order valence-electron chi connectivity index (χ0n) is 19.2. The third kappa shape index (κ3) is 5.54. The van der Waals surface area contributed by atoms with Crippen molar-refractivity contribution >= 4 is 12.0 Å². The Kier molecular flexibility index (Phi) is 7.62. The van der Waals surface area contributed by atoms with Crippen LogP contribution < -0.4 is 0 Å². The maximum atomic E-state index is 14.1. The molecule has 0 saturated carbocycles. The van der Waals surface area contributed by atoms with Crippen LogP contribution in [0.15, 0.2) is 60.7 Å². The lowest BCUT2D eigenvalue weighted by atomic mass is 9.89. The van der Waals surface area contributed by atoms with Crippen molar-refractivity contribution in [1.82, 2.24) is 14.7 Å². The van der Waals surface area contributed by atoms with E-state index in [4.69, 9.17) is 4.74 Å². The summed E-state index contributed by atoms with van der Waals surface area (Å²) in [7, 11) is 1.39. The number of aliphatic hydroxyl groups is 1. The van der Waals surface area contributed by atoms with E-state index in [0.29, 0.717) is 26.2 Å². The predicted molar refractivity (Wildman–Crippen MR) is 126 cm³/mol. The monoisotopic (exact) mass is 451 g/mol. The van der Waals surface area contributed by atoms with Gasteiger partial charge in [0.2, 0.25) is 5.91 Å². The van der Waals surface area contributed by atoms with Crippen LogP contribution in [-0.2, 0) is 9.53 Å². The Balaban J connectivity index is 1.61. The lowest BCUT2D eigenvalue weighted by Gasteiger charge is -2.44. The van der Waals surface area contributed by atoms with E-state index in [9.17, 15) is 14.7 Å². The van der Waals surface area contributed by atoms with Crippen molar-refractivity contribution in [3.8, 4) is 0 Å². The number of methoxy groups -OCH3 is 1. The maximum absolute atomic E-state index is 14.1. The third-order valence-corrected chi connectivity index (χ3v) is 6.74. The summed E-state index contributed by atoms with van der Waals surface area (Å²) in [6.07, 6.45) is 0.858. The normalized spacial score (nSPS) is 20.2. The number of hydrogen-bond donors (Lipinski definition) is 1. The Morgan fingerprint density at radius 3 is 2.06 bits per heavy atom. The van der Waals surface area contributed by atoms with Gasteiger partial charge in [0.05, 0.1) is 25.2 Å². The number of hydrogen-bond acceptors (Lipinski definition) is 5. The summed E-state index contributed by atoms with van der Waals surface area (Å²) in [5.74, 6) is -0.346. The molecule has 0 bridgehead atoms. The molecule has 176 valence electrons. The molecule has 7 heteroatoms. The fourth-order valence-electron chi connectivity index (χ4n) is 4.93. The van der Waals surface area contributed by atoms with E-state index in [2.05, 4.69) is 4.90 Å². The van der Waals surface area contributed by atoms with Gasteiger partial charge < -0.3 is 24.5 Å². The molecule has 2 aliphatic rings.